The van der Waals surface area contributed by atoms with Crippen molar-refractivity contribution < 1.29 is 12.8 Å². The average Bonchev–Trinajstić information content (AvgIpc) is 3.04. The van der Waals surface area contributed by atoms with Crippen LogP contribution >= 0.6 is 0 Å². The van der Waals surface area contributed by atoms with E-state index in [4.69, 9.17) is 12.8 Å². The molecule has 3 aromatic carbocycles. The summed E-state index contributed by atoms with van der Waals surface area (Å²) in [6.45, 7) is 18.9. The molecule has 0 saturated heterocycles. The molecule has 0 aromatic heterocycles. The van der Waals surface area contributed by atoms with Gasteiger partial charge in [0.25, 0.3) is 8.32 Å². The molecule has 47 heavy (non-hydrogen) atoms. The van der Waals surface area contributed by atoms with Crippen molar-refractivity contribution in [2.24, 2.45) is 0 Å². The Balaban J connectivity index is 0.00000246. The van der Waals surface area contributed by atoms with Crippen LogP contribution in [0, 0.1) is 0 Å². The molecule has 0 N–H and O–H groups in total. The van der Waals surface area contributed by atoms with Gasteiger partial charge in [-0.05, 0) is 87.7 Å². The highest BCUT2D eigenvalue weighted by Crippen LogP contribution is 2.37. The second-order valence-corrected chi connectivity index (χ2v) is 18.2. The van der Waals surface area contributed by atoms with Gasteiger partial charge >= 0.3 is 11.6 Å². The summed E-state index contributed by atoms with van der Waals surface area (Å²) in [6, 6.07) is 32.8. The third-order valence-corrected chi connectivity index (χ3v) is 13.5. The molecule has 3 nitrogen and oxygen atoms in total. The van der Waals surface area contributed by atoms with Gasteiger partial charge in [-0.2, -0.15) is 8.42 Å². The fraction of sp³-hybridized carbons (Fsp3) is 0.381. The fourth-order valence-corrected chi connectivity index (χ4v) is 10.6. The monoisotopic (exact) mass is 668 g/mol. The topological polar surface area (TPSA) is 43.4 Å². The standard InChI is InChI=1S/C42H56OSi.O2S/c1-34(2)20-18-22-36(4)32-39(38-24-12-9-13-25-38)33-37(5)23-19-21-35(3)30-31-43-44(42(6,7)8,40-26-14-10-15-27-40)41-28-16-11-17-29-41;1-3-2/h9-17,20,23-30,32,39H,18-19,21-22,31,33H2,1-8H3;/b35-30-,36-32-,37-23-;. The molecule has 0 radical (unpaired) electrons. The molecule has 0 spiro atoms. The van der Waals surface area contributed by atoms with Gasteiger partial charge in [-0.25, -0.2) is 0 Å². The molecule has 3 rings (SSSR count). The summed E-state index contributed by atoms with van der Waals surface area (Å²) in [5.74, 6) is 0.413. The second kappa shape index (κ2) is 20.8. The zero-order valence-electron chi connectivity index (χ0n) is 29.9. The minimum Gasteiger partial charge on any atom is -0.404 e. The number of rotatable bonds is 15. The van der Waals surface area contributed by atoms with Crippen LogP contribution in [0.25, 0.3) is 0 Å². The van der Waals surface area contributed by atoms with E-state index in [2.05, 4.69) is 171 Å². The molecule has 0 amide bonds. The van der Waals surface area contributed by atoms with E-state index in [1.807, 2.05) is 0 Å². The molecule has 3 aromatic rings. The SMILES string of the molecule is CC(C)=CCC/C(C)=C\C(C/C(C)=C\CC/C(C)=C\CO[Si](c1ccccc1)(c1ccccc1)C(C)(C)C)c1ccccc1.O=S=O. The van der Waals surface area contributed by atoms with E-state index in [1.54, 1.807) is 0 Å². The highest BCUT2D eigenvalue weighted by Gasteiger charge is 2.49. The maximum Gasteiger partial charge on any atom is 0.335 e. The first kappa shape index (κ1) is 39.8. The Labute approximate surface area is 290 Å². The maximum atomic E-state index is 8.29. The molecule has 0 fully saturated rings. The summed E-state index contributed by atoms with van der Waals surface area (Å²) in [5, 5.41) is 2.65. The molecule has 5 heteroatoms. The van der Waals surface area contributed by atoms with Crippen molar-refractivity contribution in [2.75, 3.05) is 6.61 Å². The Bertz CT molecular complexity index is 1450. The predicted molar refractivity (Wildman–Crippen MR) is 205 cm³/mol. The second-order valence-electron chi connectivity index (χ2n) is 13.7. The van der Waals surface area contributed by atoms with Crippen LogP contribution in [0.1, 0.15) is 99.0 Å². The van der Waals surface area contributed by atoms with Gasteiger partial charge in [0.2, 0.25) is 0 Å². The lowest BCUT2D eigenvalue weighted by atomic mass is 9.89. The van der Waals surface area contributed by atoms with Crippen molar-refractivity contribution in [2.45, 2.75) is 98.5 Å². The molecular weight excluding hydrogens is 613 g/mol. The van der Waals surface area contributed by atoms with Crippen molar-refractivity contribution >= 4 is 30.3 Å². The average molecular weight is 669 g/mol. The summed E-state index contributed by atoms with van der Waals surface area (Å²) in [5.41, 5.74) is 7.13. The summed E-state index contributed by atoms with van der Waals surface area (Å²) in [6.07, 6.45) is 15.0. The van der Waals surface area contributed by atoms with Crippen LogP contribution < -0.4 is 10.4 Å². The van der Waals surface area contributed by atoms with Gasteiger partial charge in [0.1, 0.15) is 0 Å². The number of benzene rings is 3. The van der Waals surface area contributed by atoms with Gasteiger partial charge in [-0.15, -0.1) is 0 Å². The van der Waals surface area contributed by atoms with E-state index >= 15 is 0 Å². The van der Waals surface area contributed by atoms with Gasteiger partial charge in [0, 0.05) is 5.92 Å². The van der Waals surface area contributed by atoms with Crippen molar-refractivity contribution in [1.29, 1.82) is 0 Å². The molecule has 1 atom stereocenters. The fourth-order valence-electron chi connectivity index (χ4n) is 6.14. The van der Waals surface area contributed by atoms with E-state index < -0.39 is 19.9 Å². The Morgan fingerprint density at radius 2 is 1.15 bits per heavy atom. The molecule has 0 heterocycles. The van der Waals surface area contributed by atoms with Crippen molar-refractivity contribution in [3.63, 3.8) is 0 Å². The van der Waals surface area contributed by atoms with Gasteiger partial charge < -0.3 is 4.43 Å². The zero-order valence-corrected chi connectivity index (χ0v) is 31.7. The largest absolute Gasteiger partial charge is 0.404 e. The summed E-state index contributed by atoms with van der Waals surface area (Å²) < 4.78 is 23.7. The van der Waals surface area contributed by atoms with Gasteiger partial charge in [0.05, 0.1) is 6.61 Å². The number of hydrogen-bond acceptors (Lipinski definition) is 3. The third-order valence-electron chi connectivity index (χ3n) is 8.53. The van der Waals surface area contributed by atoms with Crippen LogP contribution in [-0.2, 0) is 16.0 Å². The summed E-state index contributed by atoms with van der Waals surface area (Å²) in [4.78, 5) is 0. The maximum absolute atomic E-state index is 8.29. The van der Waals surface area contributed by atoms with E-state index in [0.29, 0.717) is 12.5 Å². The summed E-state index contributed by atoms with van der Waals surface area (Å²) >= 11 is -0.750. The smallest absolute Gasteiger partial charge is 0.335 e. The first-order valence-electron chi connectivity index (χ1n) is 16.8. The van der Waals surface area contributed by atoms with Crippen LogP contribution in [0.15, 0.2) is 138 Å². The highest BCUT2D eigenvalue weighted by atomic mass is 32.1. The van der Waals surface area contributed by atoms with E-state index in [-0.39, 0.29) is 5.04 Å². The molecule has 0 aliphatic rings. The highest BCUT2D eigenvalue weighted by molar-refractivity contribution is 7.51. The van der Waals surface area contributed by atoms with Crippen molar-refractivity contribution in [1.82, 2.24) is 0 Å². The first-order valence-corrected chi connectivity index (χ1v) is 19.4. The van der Waals surface area contributed by atoms with E-state index in [1.165, 1.54) is 38.2 Å². The van der Waals surface area contributed by atoms with Crippen molar-refractivity contribution in [3.8, 4) is 0 Å². The molecule has 0 bridgehead atoms. The quantitative estimate of drug-likeness (QED) is 0.120. The lowest BCUT2D eigenvalue weighted by Gasteiger charge is -2.42. The predicted octanol–water partition coefficient (Wildman–Crippen LogP) is 10.4. The van der Waals surface area contributed by atoms with Crippen LogP contribution in [0.4, 0.5) is 0 Å². The molecular formula is C42H56O3SSi. The first-order chi connectivity index (χ1) is 22.4. The van der Waals surface area contributed by atoms with Gasteiger partial charge in [-0.1, -0.05) is 158 Å². The molecule has 252 valence electrons. The van der Waals surface area contributed by atoms with Crippen LogP contribution in [-0.4, -0.2) is 23.3 Å². The Morgan fingerprint density at radius 1 is 0.681 bits per heavy atom. The van der Waals surface area contributed by atoms with Gasteiger partial charge in [-0.3, -0.25) is 0 Å². The van der Waals surface area contributed by atoms with Crippen LogP contribution in [0.5, 0.6) is 0 Å². The molecule has 0 aliphatic carbocycles. The third kappa shape index (κ3) is 13.3. The van der Waals surface area contributed by atoms with Crippen LogP contribution in [0.2, 0.25) is 5.04 Å². The zero-order chi connectivity index (χ0) is 34.7. The lowest BCUT2D eigenvalue weighted by molar-refractivity contribution is 0.338. The van der Waals surface area contributed by atoms with E-state index in [0.717, 1.165) is 32.1 Å². The van der Waals surface area contributed by atoms with Crippen molar-refractivity contribution in [3.05, 3.63) is 143 Å². The Hall–Kier alpha value is -3.38. The minimum absolute atomic E-state index is 0.00889. The van der Waals surface area contributed by atoms with E-state index in [9.17, 15) is 0 Å². The number of hydrogen-bond donors (Lipinski definition) is 0. The number of allylic oxidation sites excluding steroid dienone is 7. The van der Waals surface area contributed by atoms with Crippen LogP contribution in [0.3, 0.4) is 0 Å². The molecule has 1 unspecified atom stereocenters. The van der Waals surface area contributed by atoms with Gasteiger partial charge in [0.15, 0.2) is 0 Å². The molecule has 0 saturated carbocycles. The lowest BCUT2D eigenvalue weighted by Crippen LogP contribution is -2.66. The summed E-state index contributed by atoms with van der Waals surface area (Å²) in [7, 11) is -2.51. The molecule has 0 aliphatic heterocycles. The Kier molecular flexibility index (Phi) is 17.6. The Morgan fingerprint density at radius 3 is 1.64 bits per heavy atom. The minimum atomic E-state index is -2.51. The normalized spacial score (nSPS) is 13.3.